The molecule has 0 aromatic rings. The molecule has 1 heterocycles. The van der Waals surface area contributed by atoms with E-state index in [9.17, 15) is 5.11 Å². The van der Waals surface area contributed by atoms with Crippen LogP contribution in [0.2, 0.25) is 0 Å². The molecule has 1 unspecified atom stereocenters. The highest BCUT2D eigenvalue weighted by molar-refractivity contribution is 4.74. The van der Waals surface area contributed by atoms with Crippen molar-refractivity contribution >= 4 is 0 Å². The molecule has 1 rings (SSSR count). The number of aliphatic hydroxyl groups excluding tert-OH is 1. The second-order valence-corrected chi connectivity index (χ2v) is 5.14. The van der Waals surface area contributed by atoms with E-state index in [0.29, 0.717) is 12.6 Å². The molecular weight excluding hydrogens is 198 g/mol. The Morgan fingerprint density at radius 2 is 1.88 bits per heavy atom. The average molecular weight is 227 g/mol. The van der Waals surface area contributed by atoms with Gasteiger partial charge in [0.15, 0.2) is 0 Å². The summed E-state index contributed by atoms with van der Waals surface area (Å²) in [6.07, 6.45) is 11.9. The maximum absolute atomic E-state index is 9.39. The van der Waals surface area contributed by atoms with Crippen LogP contribution < -0.4 is 0 Å². The highest BCUT2D eigenvalue weighted by Gasteiger charge is 2.19. The van der Waals surface area contributed by atoms with E-state index in [1.807, 2.05) is 0 Å². The monoisotopic (exact) mass is 227 g/mol. The topological polar surface area (TPSA) is 23.5 Å². The maximum Gasteiger partial charge on any atom is 0.0586 e. The smallest absolute Gasteiger partial charge is 0.0586 e. The molecule has 1 atom stereocenters. The van der Waals surface area contributed by atoms with Gasteiger partial charge in [-0.05, 0) is 32.4 Å². The summed E-state index contributed by atoms with van der Waals surface area (Å²) in [5.41, 5.74) is 0. The Hall–Kier alpha value is -0.0800. The van der Waals surface area contributed by atoms with Gasteiger partial charge in [-0.15, -0.1) is 0 Å². The summed E-state index contributed by atoms with van der Waals surface area (Å²) >= 11 is 0. The zero-order chi connectivity index (χ0) is 11.6. The summed E-state index contributed by atoms with van der Waals surface area (Å²) in [6, 6.07) is 0.452. The lowest BCUT2D eigenvalue weighted by Crippen LogP contribution is -2.38. The van der Waals surface area contributed by atoms with Crippen molar-refractivity contribution in [1.82, 2.24) is 4.90 Å². The second kappa shape index (κ2) is 9.00. The lowest BCUT2D eigenvalue weighted by atomic mass is 10.1. The van der Waals surface area contributed by atoms with E-state index in [2.05, 4.69) is 11.8 Å². The molecule has 1 aliphatic rings. The normalized spacial score (nSPS) is 23.2. The Morgan fingerprint density at radius 3 is 2.62 bits per heavy atom. The fourth-order valence-corrected chi connectivity index (χ4v) is 2.66. The van der Waals surface area contributed by atoms with E-state index < -0.39 is 0 Å². The summed E-state index contributed by atoms with van der Waals surface area (Å²) in [5.74, 6) is 0. The second-order valence-electron chi connectivity index (χ2n) is 5.14. The third-order valence-corrected chi connectivity index (χ3v) is 3.76. The number of hydrogen-bond acceptors (Lipinski definition) is 2. The van der Waals surface area contributed by atoms with E-state index in [0.717, 1.165) is 0 Å². The number of likely N-dealkylation sites (tertiary alicyclic amines) is 1. The van der Waals surface area contributed by atoms with E-state index in [1.54, 1.807) is 0 Å². The van der Waals surface area contributed by atoms with Crippen molar-refractivity contribution in [2.75, 3.05) is 19.7 Å². The van der Waals surface area contributed by atoms with Crippen LogP contribution in [0, 0.1) is 0 Å². The van der Waals surface area contributed by atoms with Crippen molar-refractivity contribution in [2.45, 2.75) is 70.8 Å². The zero-order valence-corrected chi connectivity index (χ0v) is 11.0. The van der Waals surface area contributed by atoms with Crippen LogP contribution in [-0.2, 0) is 0 Å². The van der Waals surface area contributed by atoms with Gasteiger partial charge in [-0.1, -0.05) is 45.4 Å². The molecule has 0 bridgehead atoms. The fourth-order valence-electron chi connectivity index (χ4n) is 2.66. The van der Waals surface area contributed by atoms with Crippen molar-refractivity contribution in [3.8, 4) is 0 Å². The summed E-state index contributed by atoms with van der Waals surface area (Å²) in [7, 11) is 0. The lowest BCUT2D eigenvalue weighted by Gasteiger charge is -2.28. The first kappa shape index (κ1) is 14.0. The van der Waals surface area contributed by atoms with E-state index in [-0.39, 0.29) is 0 Å². The maximum atomic E-state index is 9.39. The Balaban J connectivity index is 2.15. The standard InChI is InChI=1S/C14H29NO/c1-2-3-4-5-8-11-15-12-9-6-7-10-14(15)13-16/h14,16H,2-13H2,1H3. The molecule has 0 aromatic carbocycles. The van der Waals surface area contributed by atoms with Gasteiger partial charge < -0.3 is 5.11 Å². The summed E-state index contributed by atoms with van der Waals surface area (Å²) in [5, 5.41) is 9.39. The fraction of sp³-hybridized carbons (Fsp3) is 1.00. The molecule has 2 heteroatoms. The number of aliphatic hydroxyl groups is 1. The van der Waals surface area contributed by atoms with E-state index in [4.69, 9.17) is 0 Å². The van der Waals surface area contributed by atoms with Crippen LogP contribution in [-0.4, -0.2) is 35.7 Å². The van der Waals surface area contributed by atoms with Crippen LogP contribution in [0.4, 0.5) is 0 Å². The van der Waals surface area contributed by atoms with E-state index in [1.165, 1.54) is 70.9 Å². The molecule has 0 radical (unpaired) electrons. The molecule has 1 saturated heterocycles. The Kier molecular flexibility index (Phi) is 7.87. The van der Waals surface area contributed by atoms with Crippen molar-refractivity contribution in [3.63, 3.8) is 0 Å². The first-order valence-electron chi connectivity index (χ1n) is 7.23. The molecule has 0 amide bonds. The van der Waals surface area contributed by atoms with Crippen LogP contribution >= 0.6 is 0 Å². The van der Waals surface area contributed by atoms with Crippen LogP contribution in [0.5, 0.6) is 0 Å². The first-order valence-corrected chi connectivity index (χ1v) is 7.23. The zero-order valence-electron chi connectivity index (χ0n) is 11.0. The van der Waals surface area contributed by atoms with Gasteiger partial charge in [-0.3, -0.25) is 4.90 Å². The van der Waals surface area contributed by atoms with Gasteiger partial charge >= 0.3 is 0 Å². The molecule has 96 valence electrons. The highest BCUT2D eigenvalue weighted by Crippen LogP contribution is 2.17. The summed E-state index contributed by atoms with van der Waals surface area (Å²) < 4.78 is 0. The minimum atomic E-state index is 0.356. The Bertz CT molecular complexity index is 161. The van der Waals surface area contributed by atoms with Gasteiger partial charge in [-0.25, -0.2) is 0 Å². The molecule has 0 aliphatic carbocycles. The number of nitrogens with zero attached hydrogens (tertiary/aromatic N) is 1. The number of rotatable bonds is 7. The largest absolute Gasteiger partial charge is 0.395 e. The third kappa shape index (κ3) is 5.31. The predicted molar refractivity (Wildman–Crippen MR) is 69.7 cm³/mol. The minimum absolute atomic E-state index is 0.356. The van der Waals surface area contributed by atoms with Crippen LogP contribution in [0.25, 0.3) is 0 Å². The average Bonchev–Trinajstić information content (AvgIpc) is 2.53. The SMILES string of the molecule is CCCCCCCN1CCCCCC1CO. The van der Waals surface area contributed by atoms with Crippen LogP contribution in [0.3, 0.4) is 0 Å². The van der Waals surface area contributed by atoms with Crippen molar-refractivity contribution in [3.05, 3.63) is 0 Å². The van der Waals surface area contributed by atoms with Crippen molar-refractivity contribution < 1.29 is 5.11 Å². The molecule has 16 heavy (non-hydrogen) atoms. The van der Waals surface area contributed by atoms with Gasteiger partial charge in [0, 0.05) is 6.04 Å². The van der Waals surface area contributed by atoms with Gasteiger partial charge in [0.1, 0.15) is 0 Å². The third-order valence-electron chi connectivity index (χ3n) is 3.76. The predicted octanol–water partition coefficient (Wildman–Crippen LogP) is 3.19. The van der Waals surface area contributed by atoms with Crippen LogP contribution in [0.1, 0.15) is 64.7 Å². The Morgan fingerprint density at radius 1 is 1.06 bits per heavy atom. The molecule has 0 saturated carbocycles. The molecule has 2 nitrogen and oxygen atoms in total. The van der Waals surface area contributed by atoms with Crippen molar-refractivity contribution in [1.29, 1.82) is 0 Å². The van der Waals surface area contributed by atoms with E-state index >= 15 is 0 Å². The van der Waals surface area contributed by atoms with Gasteiger partial charge in [-0.2, -0.15) is 0 Å². The van der Waals surface area contributed by atoms with Gasteiger partial charge in [0.05, 0.1) is 6.61 Å². The molecule has 0 aromatic heterocycles. The highest BCUT2D eigenvalue weighted by atomic mass is 16.3. The molecule has 0 spiro atoms. The van der Waals surface area contributed by atoms with Gasteiger partial charge in [0.2, 0.25) is 0 Å². The summed E-state index contributed by atoms with van der Waals surface area (Å²) in [6.45, 7) is 5.03. The summed E-state index contributed by atoms with van der Waals surface area (Å²) in [4.78, 5) is 2.53. The molecule has 1 fully saturated rings. The van der Waals surface area contributed by atoms with Gasteiger partial charge in [0.25, 0.3) is 0 Å². The molecular formula is C14H29NO. The molecule has 1 N–H and O–H groups in total. The molecule has 1 aliphatic heterocycles. The lowest BCUT2D eigenvalue weighted by molar-refractivity contribution is 0.122. The quantitative estimate of drug-likeness (QED) is 0.675. The van der Waals surface area contributed by atoms with Crippen LogP contribution in [0.15, 0.2) is 0 Å². The number of hydrogen-bond donors (Lipinski definition) is 1. The first-order chi connectivity index (χ1) is 7.88. The Labute approximate surface area is 101 Å². The number of unbranched alkanes of at least 4 members (excludes halogenated alkanes) is 4. The van der Waals surface area contributed by atoms with Crippen molar-refractivity contribution in [2.24, 2.45) is 0 Å². The minimum Gasteiger partial charge on any atom is -0.395 e.